The molecule has 0 bridgehead atoms. The molecule has 0 saturated carbocycles. The zero-order valence-electron chi connectivity index (χ0n) is 15.0. The third-order valence-corrected chi connectivity index (χ3v) is 4.46. The monoisotopic (exact) mass is 381 g/mol. The van der Waals surface area contributed by atoms with Crippen LogP contribution in [0.5, 0.6) is 0 Å². The summed E-state index contributed by atoms with van der Waals surface area (Å²) in [5.41, 5.74) is 1.85. The number of para-hydroxylation sites is 3. The fraction of sp³-hybridized carbons (Fsp3) is 0.150. The molecule has 0 saturated heterocycles. The van der Waals surface area contributed by atoms with E-state index in [4.69, 9.17) is 0 Å². The summed E-state index contributed by atoms with van der Waals surface area (Å²) < 4.78 is 29.8. The molecule has 1 amide bonds. The van der Waals surface area contributed by atoms with Gasteiger partial charge in [0.1, 0.15) is 11.5 Å². The molecule has 142 valence electrons. The van der Waals surface area contributed by atoms with Gasteiger partial charge in [-0.25, -0.2) is 9.97 Å². The molecule has 28 heavy (non-hydrogen) atoms. The second kappa shape index (κ2) is 7.22. The maximum Gasteiger partial charge on any atom is 0.320 e. The van der Waals surface area contributed by atoms with Crippen molar-refractivity contribution < 1.29 is 13.6 Å². The minimum absolute atomic E-state index is 0.0929. The molecule has 4 aromatic rings. The van der Waals surface area contributed by atoms with E-state index >= 15 is 0 Å². The number of alkyl halides is 2. The molecule has 2 heterocycles. The van der Waals surface area contributed by atoms with E-state index < -0.39 is 18.5 Å². The summed E-state index contributed by atoms with van der Waals surface area (Å²) in [6.45, 7) is -1.14. The fourth-order valence-electron chi connectivity index (χ4n) is 3.17. The molecular weight excluding hydrogens is 364 g/mol. The maximum absolute atomic E-state index is 13.6. The number of nitrogens with one attached hydrogen (secondary N) is 1. The van der Waals surface area contributed by atoms with Crippen molar-refractivity contribution in [1.82, 2.24) is 24.4 Å². The number of benzene rings is 2. The molecule has 2 aromatic carbocycles. The molecule has 2 aromatic heterocycles. The van der Waals surface area contributed by atoms with E-state index in [0.29, 0.717) is 16.7 Å². The zero-order chi connectivity index (χ0) is 19.7. The minimum atomic E-state index is -2.77. The van der Waals surface area contributed by atoms with Crippen LogP contribution < -0.4 is 5.32 Å². The molecule has 1 atom stereocenters. The molecule has 0 aliphatic heterocycles. The van der Waals surface area contributed by atoms with Crippen molar-refractivity contribution in [2.24, 2.45) is 0 Å². The lowest BCUT2D eigenvalue weighted by Crippen LogP contribution is -2.30. The van der Waals surface area contributed by atoms with Crippen molar-refractivity contribution in [3.05, 3.63) is 78.6 Å². The van der Waals surface area contributed by atoms with Crippen LogP contribution in [0.4, 0.5) is 8.78 Å². The number of imidazole rings is 2. The average molecular weight is 381 g/mol. The number of carbonyl (C=O) groups is 1. The number of amides is 1. The van der Waals surface area contributed by atoms with Gasteiger partial charge in [-0.1, -0.05) is 30.3 Å². The summed E-state index contributed by atoms with van der Waals surface area (Å²) in [5.74, 6) is -0.336. The van der Waals surface area contributed by atoms with Crippen LogP contribution in [-0.4, -0.2) is 25.0 Å². The van der Waals surface area contributed by atoms with Gasteiger partial charge in [0.15, 0.2) is 0 Å². The van der Waals surface area contributed by atoms with Gasteiger partial charge in [0.05, 0.1) is 29.6 Å². The fourth-order valence-corrected chi connectivity index (χ4v) is 3.17. The predicted octanol–water partition coefficient (Wildman–Crippen LogP) is 4.11. The maximum atomic E-state index is 13.6. The van der Waals surface area contributed by atoms with Gasteiger partial charge >= 0.3 is 6.55 Å². The van der Waals surface area contributed by atoms with Crippen LogP contribution in [0, 0.1) is 0 Å². The largest absolute Gasteiger partial charge is 0.341 e. The molecule has 4 rings (SSSR count). The Morgan fingerprint density at radius 3 is 2.54 bits per heavy atom. The van der Waals surface area contributed by atoms with Gasteiger partial charge < -0.3 is 5.32 Å². The van der Waals surface area contributed by atoms with Gasteiger partial charge in [0.2, 0.25) is 0 Å². The van der Waals surface area contributed by atoms with Gasteiger partial charge in [-0.3, -0.25) is 13.9 Å². The summed E-state index contributed by atoms with van der Waals surface area (Å²) in [6, 6.07) is 15.2. The third-order valence-electron chi connectivity index (χ3n) is 4.46. The van der Waals surface area contributed by atoms with Gasteiger partial charge in [-0.15, -0.1) is 0 Å². The Bertz CT molecular complexity index is 1120. The highest BCUT2D eigenvalue weighted by Crippen LogP contribution is 2.26. The van der Waals surface area contributed by atoms with Gasteiger partial charge in [-0.05, 0) is 31.2 Å². The van der Waals surface area contributed by atoms with Crippen molar-refractivity contribution >= 4 is 16.9 Å². The summed E-state index contributed by atoms with van der Waals surface area (Å²) in [4.78, 5) is 21.1. The van der Waals surface area contributed by atoms with Crippen molar-refractivity contribution in [2.45, 2.75) is 19.5 Å². The molecule has 0 unspecified atom stereocenters. The summed E-state index contributed by atoms with van der Waals surface area (Å²) in [6.07, 6.45) is 2.97. The van der Waals surface area contributed by atoms with Crippen molar-refractivity contribution in [3.8, 4) is 5.69 Å². The first-order valence-corrected chi connectivity index (χ1v) is 8.70. The van der Waals surface area contributed by atoms with E-state index in [2.05, 4.69) is 15.3 Å². The Labute approximate surface area is 159 Å². The van der Waals surface area contributed by atoms with E-state index in [1.54, 1.807) is 35.8 Å². The van der Waals surface area contributed by atoms with E-state index in [1.807, 2.05) is 30.3 Å². The predicted molar refractivity (Wildman–Crippen MR) is 100 cm³/mol. The zero-order valence-corrected chi connectivity index (χ0v) is 15.0. The standard InChI is InChI=1S/C20H17F2N5O/c1-13(18-25-15-9-5-6-10-16(15)27(18)20(21)22)24-19(28)17-11-23-12-26(17)14-7-3-2-4-8-14/h2-13,20H,1H3,(H,24,28)/t13-/m0/s1. The van der Waals surface area contributed by atoms with Crippen LogP contribution in [0.3, 0.4) is 0 Å². The Balaban J connectivity index is 1.64. The number of carbonyl (C=O) groups excluding carboxylic acids is 1. The molecule has 1 N–H and O–H groups in total. The quantitative estimate of drug-likeness (QED) is 0.566. The second-order valence-corrected chi connectivity index (χ2v) is 6.29. The number of hydrogen-bond acceptors (Lipinski definition) is 3. The Morgan fingerprint density at radius 2 is 1.79 bits per heavy atom. The molecular formula is C20H17F2N5O. The smallest absolute Gasteiger partial charge is 0.320 e. The molecule has 0 spiro atoms. The molecule has 6 nitrogen and oxygen atoms in total. The van der Waals surface area contributed by atoms with Crippen LogP contribution in [0.15, 0.2) is 67.1 Å². The summed E-state index contributed by atoms with van der Waals surface area (Å²) in [5, 5.41) is 2.75. The molecule has 0 aliphatic carbocycles. The van der Waals surface area contributed by atoms with Crippen LogP contribution in [-0.2, 0) is 0 Å². The first-order chi connectivity index (χ1) is 13.6. The van der Waals surface area contributed by atoms with E-state index in [0.717, 1.165) is 10.3 Å². The highest BCUT2D eigenvalue weighted by Gasteiger charge is 2.24. The summed E-state index contributed by atoms with van der Waals surface area (Å²) >= 11 is 0. The van der Waals surface area contributed by atoms with E-state index in [1.165, 1.54) is 12.5 Å². The number of aromatic nitrogens is 4. The number of rotatable bonds is 5. The number of halogens is 2. The van der Waals surface area contributed by atoms with Crippen LogP contribution in [0.2, 0.25) is 0 Å². The van der Waals surface area contributed by atoms with Gasteiger partial charge in [0, 0.05) is 5.69 Å². The molecule has 8 heteroatoms. The second-order valence-electron chi connectivity index (χ2n) is 6.29. The SMILES string of the molecule is C[C@H](NC(=O)c1cncn1-c1ccccc1)c1nc2ccccc2n1C(F)F. The molecule has 0 fully saturated rings. The lowest BCUT2D eigenvalue weighted by molar-refractivity contribution is 0.0687. The first-order valence-electron chi connectivity index (χ1n) is 8.70. The van der Waals surface area contributed by atoms with Crippen LogP contribution in [0.25, 0.3) is 16.7 Å². The lowest BCUT2D eigenvalue weighted by Gasteiger charge is -2.16. The van der Waals surface area contributed by atoms with Crippen molar-refractivity contribution in [3.63, 3.8) is 0 Å². The van der Waals surface area contributed by atoms with Crippen molar-refractivity contribution in [2.75, 3.05) is 0 Å². The number of nitrogens with zero attached hydrogens (tertiary/aromatic N) is 4. The Hall–Kier alpha value is -3.55. The van der Waals surface area contributed by atoms with Crippen LogP contribution >= 0.6 is 0 Å². The number of hydrogen-bond donors (Lipinski definition) is 1. The number of fused-ring (bicyclic) bond motifs is 1. The Kier molecular flexibility index (Phi) is 4.60. The minimum Gasteiger partial charge on any atom is -0.341 e. The lowest BCUT2D eigenvalue weighted by atomic mass is 10.2. The topological polar surface area (TPSA) is 64.7 Å². The molecule has 0 aliphatic rings. The van der Waals surface area contributed by atoms with E-state index in [9.17, 15) is 13.6 Å². The molecule has 0 radical (unpaired) electrons. The van der Waals surface area contributed by atoms with Gasteiger partial charge in [-0.2, -0.15) is 8.78 Å². The van der Waals surface area contributed by atoms with Crippen molar-refractivity contribution in [1.29, 1.82) is 0 Å². The van der Waals surface area contributed by atoms with Crippen LogP contribution in [0.1, 0.15) is 35.8 Å². The highest BCUT2D eigenvalue weighted by molar-refractivity contribution is 5.93. The van der Waals surface area contributed by atoms with E-state index in [-0.39, 0.29) is 5.82 Å². The third kappa shape index (κ3) is 3.13. The average Bonchev–Trinajstić information content (AvgIpc) is 3.33. The Morgan fingerprint density at radius 1 is 1.07 bits per heavy atom. The summed E-state index contributed by atoms with van der Waals surface area (Å²) in [7, 11) is 0. The van der Waals surface area contributed by atoms with Gasteiger partial charge in [0.25, 0.3) is 5.91 Å². The normalized spacial score (nSPS) is 12.4. The first kappa shape index (κ1) is 17.8. The highest BCUT2D eigenvalue weighted by atomic mass is 19.3.